The quantitative estimate of drug-likeness (QED) is 0.636. The number of hydrogen-bond acceptors (Lipinski definition) is 6. The molecular formula is C16H18N6O4S. The molecule has 0 spiro atoms. The number of aryl methyl sites for hydroxylation is 2. The Labute approximate surface area is 154 Å². The summed E-state index contributed by atoms with van der Waals surface area (Å²) in [5.74, 6) is 0.540. The first-order valence-corrected chi connectivity index (χ1v) is 9.81. The highest BCUT2D eigenvalue weighted by Gasteiger charge is 2.26. The van der Waals surface area contributed by atoms with Crippen molar-refractivity contribution in [3.63, 3.8) is 0 Å². The first-order valence-electron chi connectivity index (χ1n) is 8.27. The van der Waals surface area contributed by atoms with Crippen LogP contribution in [0.15, 0.2) is 38.8 Å². The number of anilines is 2. The van der Waals surface area contributed by atoms with Crippen LogP contribution in [0.5, 0.6) is 0 Å². The first kappa shape index (κ1) is 17.5. The predicted molar refractivity (Wildman–Crippen MR) is 99.7 cm³/mol. The molecule has 4 rings (SSSR count). The molecule has 1 aliphatic rings. The molecule has 2 N–H and O–H groups in total. The zero-order valence-corrected chi connectivity index (χ0v) is 15.6. The van der Waals surface area contributed by atoms with Crippen molar-refractivity contribution in [2.45, 2.75) is 17.9 Å². The number of fused-ring (bicyclic) bond motifs is 3. The van der Waals surface area contributed by atoms with E-state index in [0.717, 1.165) is 16.7 Å². The number of aromatic nitrogens is 4. The Balaban J connectivity index is 1.92. The van der Waals surface area contributed by atoms with Crippen molar-refractivity contribution in [3.05, 3.63) is 45.1 Å². The lowest BCUT2D eigenvalue weighted by molar-refractivity contribution is 0.597. The summed E-state index contributed by atoms with van der Waals surface area (Å²) in [6.45, 7) is 1.25. The van der Waals surface area contributed by atoms with E-state index in [9.17, 15) is 18.0 Å². The summed E-state index contributed by atoms with van der Waals surface area (Å²) in [7, 11) is -0.755. The molecule has 2 aromatic heterocycles. The largest absolute Gasteiger partial charge is 0.332 e. The van der Waals surface area contributed by atoms with E-state index in [1.165, 1.54) is 23.7 Å². The number of imidazole rings is 1. The predicted octanol–water partition coefficient (Wildman–Crippen LogP) is -0.377. The van der Waals surface area contributed by atoms with Crippen molar-refractivity contribution in [2.24, 2.45) is 19.2 Å². The van der Waals surface area contributed by atoms with Gasteiger partial charge in [0.2, 0.25) is 16.0 Å². The molecule has 3 heterocycles. The Hall–Kier alpha value is -2.92. The summed E-state index contributed by atoms with van der Waals surface area (Å²) in [5, 5.41) is 5.15. The van der Waals surface area contributed by atoms with E-state index in [2.05, 4.69) is 4.98 Å². The van der Waals surface area contributed by atoms with Gasteiger partial charge < -0.3 is 9.47 Å². The molecule has 0 atom stereocenters. The molecule has 0 radical (unpaired) electrons. The third-order valence-corrected chi connectivity index (χ3v) is 5.74. The maximum Gasteiger partial charge on any atom is 0.332 e. The van der Waals surface area contributed by atoms with E-state index < -0.39 is 21.3 Å². The molecule has 11 heteroatoms. The molecule has 1 aromatic carbocycles. The highest BCUT2D eigenvalue weighted by molar-refractivity contribution is 7.89. The van der Waals surface area contributed by atoms with Crippen molar-refractivity contribution in [1.82, 2.24) is 18.7 Å². The van der Waals surface area contributed by atoms with Crippen LogP contribution < -0.4 is 21.3 Å². The van der Waals surface area contributed by atoms with Gasteiger partial charge in [0, 0.05) is 32.9 Å². The molecule has 0 aliphatic carbocycles. The summed E-state index contributed by atoms with van der Waals surface area (Å²) in [4.78, 5) is 31.3. The van der Waals surface area contributed by atoms with Gasteiger partial charge in [-0.2, -0.15) is 4.98 Å². The van der Waals surface area contributed by atoms with Crippen LogP contribution in [0, 0.1) is 0 Å². The smallest absolute Gasteiger partial charge is 0.312 e. The Kier molecular flexibility index (Phi) is 3.75. The molecule has 0 amide bonds. The molecule has 0 saturated carbocycles. The van der Waals surface area contributed by atoms with Gasteiger partial charge in [-0.05, 0) is 30.7 Å². The number of benzene rings is 1. The summed E-state index contributed by atoms with van der Waals surface area (Å²) in [6, 6.07) is 6.15. The summed E-state index contributed by atoms with van der Waals surface area (Å²) < 4.78 is 27.1. The van der Waals surface area contributed by atoms with Crippen molar-refractivity contribution < 1.29 is 8.42 Å². The highest BCUT2D eigenvalue weighted by Crippen LogP contribution is 2.31. The minimum atomic E-state index is -3.77. The number of hydrogen-bond donors (Lipinski definition) is 1. The summed E-state index contributed by atoms with van der Waals surface area (Å²) in [5.41, 5.74) is 0.595. The van der Waals surface area contributed by atoms with Crippen molar-refractivity contribution in [3.8, 4) is 0 Å². The van der Waals surface area contributed by atoms with Crippen molar-refractivity contribution >= 4 is 32.8 Å². The van der Waals surface area contributed by atoms with Crippen molar-refractivity contribution in [1.29, 1.82) is 0 Å². The summed E-state index contributed by atoms with van der Waals surface area (Å²) >= 11 is 0. The summed E-state index contributed by atoms with van der Waals surface area (Å²) in [6.07, 6.45) is 0.765. The monoisotopic (exact) mass is 390 g/mol. The van der Waals surface area contributed by atoms with Gasteiger partial charge in [-0.25, -0.2) is 18.4 Å². The van der Waals surface area contributed by atoms with E-state index in [4.69, 9.17) is 5.14 Å². The van der Waals surface area contributed by atoms with Gasteiger partial charge in [0.15, 0.2) is 11.2 Å². The van der Waals surface area contributed by atoms with Crippen LogP contribution in [0.4, 0.5) is 11.6 Å². The molecule has 0 saturated heterocycles. The van der Waals surface area contributed by atoms with E-state index in [1.54, 1.807) is 23.7 Å². The molecule has 142 valence electrons. The molecule has 27 heavy (non-hydrogen) atoms. The minimum absolute atomic E-state index is 0.0213. The van der Waals surface area contributed by atoms with Gasteiger partial charge in [0.05, 0.1) is 4.90 Å². The lowest BCUT2D eigenvalue weighted by Crippen LogP contribution is -2.38. The molecule has 0 unspecified atom stereocenters. The Bertz CT molecular complexity index is 1280. The van der Waals surface area contributed by atoms with E-state index in [-0.39, 0.29) is 4.90 Å². The van der Waals surface area contributed by atoms with Gasteiger partial charge in [0.25, 0.3) is 5.56 Å². The topological polar surface area (TPSA) is 125 Å². The van der Waals surface area contributed by atoms with Gasteiger partial charge >= 0.3 is 5.69 Å². The van der Waals surface area contributed by atoms with E-state index >= 15 is 0 Å². The Morgan fingerprint density at radius 2 is 1.70 bits per heavy atom. The van der Waals surface area contributed by atoms with Gasteiger partial charge in [-0.1, -0.05) is 0 Å². The number of primary sulfonamides is 1. The fraction of sp³-hybridized carbons (Fsp3) is 0.312. The van der Waals surface area contributed by atoms with E-state index in [0.29, 0.717) is 30.2 Å². The van der Waals surface area contributed by atoms with Crippen LogP contribution in [0.1, 0.15) is 6.42 Å². The van der Waals surface area contributed by atoms with E-state index in [1.807, 2.05) is 4.90 Å². The molecule has 10 nitrogen and oxygen atoms in total. The van der Waals surface area contributed by atoms with Gasteiger partial charge in [-0.15, -0.1) is 0 Å². The van der Waals surface area contributed by atoms with Gasteiger partial charge in [-0.3, -0.25) is 13.9 Å². The van der Waals surface area contributed by atoms with Crippen LogP contribution in [0.25, 0.3) is 11.2 Å². The maximum absolute atomic E-state index is 12.6. The van der Waals surface area contributed by atoms with Crippen LogP contribution in [-0.2, 0) is 30.7 Å². The molecule has 0 bridgehead atoms. The van der Waals surface area contributed by atoms with Crippen molar-refractivity contribution in [2.75, 3.05) is 11.4 Å². The lowest BCUT2D eigenvalue weighted by Gasteiger charge is -2.29. The standard InChI is InChI=1S/C16H18N6O4S/c1-19-13-12(14(23)20(2)16(19)24)22-9-3-8-21(15(22)18-13)10-4-6-11(7-5-10)27(17,25)26/h4-7H,3,8-9H2,1-2H3,(H2,17,25,26). The second-order valence-corrected chi connectivity index (χ2v) is 8.05. The molecule has 0 fully saturated rings. The average Bonchev–Trinajstić information content (AvgIpc) is 3.04. The van der Waals surface area contributed by atoms with Crippen LogP contribution >= 0.6 is 0 Å². The average molecular weight is 390 g/mol. The highest BCUT2D eigenvalue weighted by atomic mass is 32.2. The Morgan fingerprint density at radius 3 is 2.33 bits per heavy atom. The van der Waals surface area contributed by atoms with Gasteiger partial charge in [0.1, 0.15) is 0 Å². The lowest BCUT2D eigenvalue weighted by atomic mass is 10.2. The molecule has 3 aromatic rings. The third kappa shape index (κ3) is 2.58. The number of nitrogens with zero attached hydrogens (tertiary/aromatic N) is 5. The second-order valence-electron chi connectivity index (χ2n) is 6.49. The normalized spacial score (nSPS) is 14.6. The number of nitrogens with two attached hydrogens (primary N) is 1. The second kappa shape index (κ2) is 5.79. The molecular weight excluding hydrogens is 372 g/mol. The minimum Gasteiger partial charge on any atom is -0.312 e. The van der Waals surface area contributed by atoms with Crippen LogP contribution in [0.2, 0.25) is 0 Å². The fourth-order valence-corrected chi connectivity index (χ4v) is 3.92. The Morgan fingerprint density at radius 1 is 1.04 bits per heavy atom. The molecule has 1 aliphatic heterocycles. The number of sulfonamides is 1. The number of rotatable bonds is 2. The zero-order chi connectivity index (χ0) is 19.5. The SMILES string of the molecule is Cn1c(=O)c2c(nc3n2CCCN3c2ccc(S(N)(=O)=O)cc2)n(C)c1=O. The third-order valence-electron chi connectivity index (χ3n) is 4.81. The maximum atomic E-state index is 12.6. The first-order chi connectivity index (χ1) is 12.7. The van der Waals surface area contributed by atoms with Crippen LogP contribution in [0.3, 0.4) is 0 Å². The van der Waals surface area contributed by atoms with Crippen LogP contribution in [-0.4, -0.2) is 33.6 Å². The zero-order valence-electron chi connectivity index (χ0n) is 14.8. The fourth-order valence-electron chi connectivity index (χ4n) is 3.40.